The Balaban J connectivity index is 1.52. The number of hydrogen-bond acceptors (Lipinski definition) is 4. The van der Waals surface area contributed by atoms with Gasteiger partial charge in [0.15, 0.2) is 0 Å². The van der Waals surface area contributed by atoms with E-state index in [1.165, 1.54) is 23.9 Å². The number of nitrogens with zero attached hydrogens (tertiary/aromatic N) is 2. The number of nitrogens with one attached hydrogen (secondary N) is 1. The van der Waals surface area contributed by atoms with Crippen LogP contribution >= 0.6 is 35.0 Å². The van der Waals surface area contributed by atoms with Gasteiger partial charge in [0.2, 0.25) is 11.8 Å². The fourth-order valence-corrected chi connectivity index (χ4v) is 7.74. The third-order valence-corrected chi connectivity index (χ3v) is 9.91. The second-order valence-corrected chi connectivity index (χ2v) is 12.9. The molecule has 3 aromatic carbocycles. The average Bonchev–Trinajstić information content (AvgIpc) is 3.48. The smallest absolute Gasteiger partial charge is 0.242 e. The number of amides is 2. The van der Waals surface area contributed by atoms with Crippen molar-refractivity contribution in [3.8, 4) is 0 Å². The fourth-order valence-electron chi connectivity index (χ4n) is 5.96. The number of piperidine rings is 1. The number of carbonyl (C=O) groups excluding carboxylic acids is 2. The Morgan fingerprint density at radius 1 is 1.07 bits per heavy atom. The first-order valence-corrected chi connectivity index (χ1v) is 15.0. The number of aromatic nitrogens is 1. The number of rotatable bonds is 6. The van der Waals surface area contributed by atoms with Gasteiger partial charge in [-0.05, 0) is 54.8 Å². The molecule has 2 saturated heterocycles. The van der Waals surface area contributed by atoms with Crippen LogP contribution in [0.1, 0.15) is 36.4 Å². The maximum atomic E-state index is 14.7. The first-order chi connectivity index (χ1) is 19.7. The number of hydrogen-bond donors (Lipinski definition) is 2. The standard InChI is InChI=1S/C31H28Cl2FN3O3S/c32-20-7-8-23-24(17-35-27(23)15-20)29-31(41-22-4-2-1-3-5-22,30(40)36-12-10-21(38)11-13-36)16-28(39)37(29)18-19-6-9-25(33)26(34)14-19/h1-9,14-15,17,21,29,35,38H,10-13,16,18H2/t29-,31-/m0/s1. The van der Waals surface area contributed by atoms with Gasteiger partial charge in [0.1, 0.15) is 10.6 Å². The topological polar surface area (TPSA) is 76.6 Å². The van der Waals surface area contributed by atoms with Gasteiger partial charge in [0.25, 0.3) is 0 Å². The van der Waals surface area contributed by atoms with Crippen LogP contribution in [0, 0.1) is 5.82 Å². The van der Waals surface area contributed by atoms with Crippen molar-refractivity contribution in [1.29, 1.82) is 0 Å². The van der Waals surface area contributed by atoms with E-state index in [-0.39, 0.29) is 29.8 Å². The van der Waals surface area contributed by atoms with Gasteiger partial charge in [0, 0.05) is 52.2 Å². The minimum absolute atomic E-state index is 0.00278. The van der Waals surface area contributed by atoms with Crippen molar-refractivity contribution in [2.75, 3.05) is 13.1 Å². The first kappa shape index (κ1) is 28.1. The van der Waals surface area contributed by atoms with Crippen LogP contribution in [-0.4, -0.2) is 55.6 Å². The van der Waals surface area contributed by atoms with E-state index in [1.807, 2.05) is 48.7 Å². The molecule has 0 bridgehead atoms. The summed E-state index contributed by atoms with van der Waals surface area (Å²) in [4.78, 5) is 36.3. The lowest BCUT2D eigenvalue weighted by Gasteiger charge is -2.41. The first-order valence-electron chi connectivity index (χ1n) is 13.5. The molecular formula is C31H28Cl2FN3O3S. The molecule has 2 aliphatic heterocycles. The summed E-state index contributed by atoms with van der Waals surface area (Å²) in [6.07, 6.45) is 2.32. The highest BCUT2D eigenvalue weighted by Gasteiger charge is 2.59. The summed E-state index contributed by atoms with van der Waals surface area (Å²) in [5.74, 6) is -0.922. The van der Waals surface area contributed by atoms with Gasteiger partial charge in [0.05, 0.1) is 23.6 Å². The largest absolute Gasteiger partial charge is 0.393 e. The van der Waals surface area contributed by atoms with Crippen molar-refractivity contribution < 1.29 is 19.1 Å². The number of carbonyl (C=O) groups is 2. The van der Waals surface area contributed by atoms with Crippen molar-refractivity contribution >= 4 is 57.7 Å². The van der Waals surface area contributed by atoms with Gasteiger partial charge in [-0.3, -0.25) is 9.59 Å². The summed E-state index contributed by atoms with van der Waals surface area (Å²) in [5, 5.41) is 11.6. The minimum atomic E-state index is -1.22. The predicted octanol–water partition coefficient (Wildman–Crippen LogP) is 6.60. The Hall–Kier alpha value is -3.04. The molecule has 41 heavy (non-hydrogen) atoms. The molecule has 0 spiro atoms. The van der Waals surface area contributed by atoms with E-state index in [0.717, 1.165) is 21.4 Å². The molecule has 2 atom stereocenters. The summed E-state index contributed by atoms with van der Waals surface area (Å²) < 4.78 is 13.2. The number of aliphatic hydroxyl groups is 1. The second kappa shape index (κ2) is 11.3. The van der Waals surface area contributed by atoms with Gasteiger partial charge in [-0.25, -0.2) is 4.39 Å². The zero-order valence-electron chi connectivity index (χ0n) is 22.0. The molecule has 0 saturated carbocycles. The maximum absolute atomic E-state index is 14.7. The van der Waals surface area contributed by atoms with Crippen molar-refractivity contribution in [3.63, 3.8) is 0 Å². The average molecular weight is 613 g/mol. The van der Waals surface area contributed by atoms with Crippen molar-refractivity contribution in [2.24, 2.45) is 0 Å². The maximum Gasteiger partial charge on any atom is 0.242 e. The summed E-state index contributed by atoms with van der Waals surface area (Å²) >= 11 is 13.6. The molecule has 2 fully saturated rings. The van der Waals surface area contributed by atoms with Gasteiger partial charge >= 0.3 is 0 Å². The highest BCUT2D eigenvalue weighted by atomic mass is 35.5. The third-order valence-electron chi connectivity index (χ3n) is 7.95. The van der Waals surface area contributed by atoms with E-state index >= 15 is 0 Å². The quantitative estimate of drug-likeness (QED) is 0.257. The van der Waals surface area contributed by atoms with Crippen LogP contribution in [0.15, 0.2) is 77.8 Å². The highest BCUT2D eigenvalue weighted by molar-refractivity contribution is 8.01. The summed E-state index contributed by atoms with van der Waals surface area (Å²) in [6.45, 7) is 0.911. The zero-order chi connectivity index (χ0) is 28.7. The van der Waals surface area contributed by atoms with Crippen molar-refractivity contribution in [1.82, 2.24) is 14.8 Å². The predicted molar refractivity (Wildman–Crippen MR) is 159 cm³/mol. The molecule has 6 rings (SSSR count). The van der Waals surface area contributed by atoms with Crippen LogP contribution in [0.3, 0.4) is 0 Å². The Bertz CT molecular complexity index is 1610. The normalized spacial score (nSPS) is 21.7. The number of aromatic amines is 1. The summed E-state index contributed by atoms with van der Waals surface area (Å²) in [7, 11) is 0. The van der Waals surface area contributed by atoms with Gasteiger partial charge in [-0.1, -0.05) is 53.5 Å². The van der Waals surface area contributed by atoms with E-state index in [4.69, 9.17) is 23.2 Å². The SMILES string of the molecule is O=C1C[C@@](Sc2ccccc2)(C(=O)N2CCC(O)CC2)[C@H](c2c[nH]c3cc(Cl)ccc23)N1Cc1ccc(Cl)c(F)c1. The number of halogens is 3. The number of H-pyrrole nitrogens is 1. The van der Waals surface area contributed by atoms with E-state index in [2.05, 4.69) is 4.98 Å². The number of benzene rings is 3. The number of likely N-dealkylation sites (tertiary alicyclic amines) is 2. The van der Waals surface area contributed by atoms with Crippen LogP contribution in [-0.2, 0) is 16.1 Å². The van der Waals surface area contributed by atoms with Crippen LogP contribution in [0.25, 0.3) is 10.9 Å². The Morgan fingerprint density at radius 3 is 2.56 bits per heavy atom. The lowest BCUT2D eigenvalue weighted by atomic mass is 9.89. The second-order valence-electron chi connectivity index (χ2n) is 10.6. The van der Waals surface area contributed by atoms with Gasteiger partial charge in [-0.15, -0.1) is 11.8 Å². The number of thioether (sulfide) groups is 1. The molecule has 0 radical (unpaired) electrons. The Morgan fingerprint density at radius 2 is 1.83 bits per heavy atom. The third kappa shape index (κ3) is 5.34. The van der Waals surface area contributed by atoms with Crippen LogP contribution in [0.2, 0.25) is 10.0 Å². The van der Waals surface area contributed by atoms with Gasteiger partial charge in [-0.2, -0.15) is 0 Å². The molecular weight excluding hydrogens is 584 g/mol. The molecule has 2 amide bonds. The lowest BCUT2D eigenvalue weighted by Crippen LogP contribution is -2.52. The molecule has 6 nitrogen and oxygen atoms in total. The zero-order valence-corrected chi connectivity index (χ0v) is 24.4. The molecule has 3 heterocycles. The number of aliphatic hydroxyl groups excluding tert-OH is 1. The summed E-state index contributed by atoms with van der Waals surface area (Å²) in [5.41, 5.74) is 2.14. The highest BCUT2D eigenvalue weighted by Crippen LogP contribution is 2.55. The van der Waals surface area contributed by atoms with Crippen LogP contribution in [0.5, 0.6) is 0 Å². The minimum Gasteiger partial charge on any atom is -0.393 e. The monoisotopic (exact) mass is 611 g/mol. The fraction of sp³-hybridized carbons (Fsp3) is 0.290. The molecule has 4 aromatic rings. The van der Waals surface area contributed by atoms with Crippen molar-refractivity contribution in [3.05, 3.63) is 99.9 Å². The summed E-state index contributed by atoms with van der Waals surface area (Å²) in [6, 6.07) is 18.9. The van der Waals surface area contributed by atoms with Crippen molar-refractivity contribution in [2.45, 2.75) is 47.6 Å². The van der Waals surface area contributed by atoms with Crippen LogP contribution < -0.4 is 0 Å². The van der Waals surface area contributed by atoms with E-state index in [1.54, 1.807) is 21.9 Å². The number of fused-ring (bicyclic) bond motifs is 1. The molecule has 212 valence electrons. The molecule has 2 N–H and O–H groups in total. The Kier molecular flexibility index (Phi) is 7.76. The lowest BCUT2D eigenvalue weighted by molar-refractivity contribution is -0.136. The van der Waals surface area contributed by atoms with E-state index in [0.29, 0.717) is 36.5 Å². The molecule has 10 heteroatoms. The molecule has 0 unspecified atom stereocenters. The van der Waals surface area contributed by atoms with E-state index in [9.17, 15) is 19.1 Å². The Labute approximate surface area is 251 Å². The van der Waals surface area contributed by atoms with Gasteiger partial charge < -0.3 is 19.9 Å². The van der Waals surface area contributed by atoms with E-state index < -0.39 is 22.7 Å². The van der Waals surface area contributed by atoms with Crippen LogP contribution in [0.4, 0.5) is 4.39 Å². The molecule has 0 aliphatic carbocycles. The molecule has 1 aromatic heterocycles. The molecule has 2 aliphatic rings.